The molecule has 2 aromatic rings. The van der Waals surface area contributed by atoms with Crippen molar-refractivity contribution in [3.8, 4) is 0 Å². The first-order valence-electron chi connectivity index (χ1n) is 6.54. The first kappa shape index (κ1) is 18.0. The molecule has 0 aromatic heterocycles. The van der Waals surface area contributed by atoms with Gasteiger partial charge >= 0.3 is 0 Å². The summed E-state index contributed by atoms with van der Waals surface area (Å²) in [6.45, 7) is -0.300. The van der Waals surface area contributed by atoms with Crippen molar-refractivity contribution < 1.29 is 13.2 Å². The molecule has 0 saturated carbocycles. The summed E-state index contributed by atoms with van der Waals surface area (Å²) in [5.74, 6) is -0.419. The highest BCUT2D eigenvalue weighted by molar-refractivity contribution is 9.10. The Hall–Kier alpha value is -1.38. The second-order valence-electron chi connectivity index (χ2n) is 4.80. The first-order chi connectivity index (χ1) is 10.8. The zero-order chi connectivity index (χ0) is 17.0. The molecule has 0 fully saturated rings. The number of benzene rings is 2. The topological polar surface area (TPSA) is 66.5 Å². The highest BCUT2D eigenvalue weighted by Gasteiger charge is 2.21. The van der Waals surface area contributed by atoms with Crippen LogP contribution in [0, 0.1) is 0 Å². The number of carbonyl (C=O) groups is 1. The number of nitrogens with one attached hydrogen (secondary N) is 1. The van der Waals surface area contributed by atoms with Gasteiger partial charge < -0.3 is 5.32 Å². The molecule has 0 unspecified atom stereocenters. The minimum Gasteiger partial charge on any atom is -0.325 e. The van der Waals surface area contributed by atoms with Crippen LogP contribution in [0.3, 0.4) is 0 Å². The molecular weight excluding hydrogens is 448 g/mol. The Morgan fingerprint density at radius 1 is 1.09 bits per heavy atom. The molecule has 8 heteroatoms. The van der Waals surface area contributed by atoms with Crippen molar-refractivity contribution in [3.63, 3.8) is 0 Å². The Bertz CT molecular complexity index is 808. The second kappa shape index (κ2) is 7.46. The molecule has 0 aliphatic rings. The van der Waals surface area contributed by atoms with E-state index in [1.165, 1.54) is 0 Å². The third-order valence-corrected chi connectivity index (χ3v) is 5.07. The number of halogens is 2. The normalized spacial score (nSPS) is 11.1. The number of nitrogens with zero attached hydrogens (tertiary/aromatic N) is 1. The maximum absolute atomic E-state index is 12.2. The fraction of sp³-hybridized carbons (Fsp3) is 0.133. The Morgan fingerprint density at radius 2 is 1.74 bits per heavy atom. The van der Waals surface area contributed by atoms with Gasteiger partial charge in [-0.2, -0.15) is 0 Å². The average molecular weight is 462 g/mol. The predicted molar refractivity (Wildman–Crippen MR) is 99.1 cm³/mol. The molecule has 0 bridgehead atoms. The summed E-state index contributed by atoms with van der Waals surface area (Å²) < 4.78 is 26.7. The maximum Gasteiger partial charge on any atom is 0.245 e. The lowest BCUT2D eigenvalue weighted by molar-refractivity contribution is -0.114. The van der Waals surface area contributed by atoms with Crippen LogP contribution >= 0.6 is 31.9 Å². The molecule has 1 N–H and O–H groups in total. The molecule has 0 aliphatic heterocycles. The number of sulfonamides is 1. The van der Waals surface area contributed by atoms with Crippen LogP contribution in [0.1, 0.15) is 0 Å². The minimum absolute atomic E-state index is 0.300. The number of hydrogen-bond donors (Lipinski definition) is 1. The fourth-order valence-corrected chi connectivity index (χ4v) is 3.40. The van der Waals surface area contributed by atoms with Crippen LogP contribution in [0.5, 0.6) is 0 Å². The fourth-order valence-electron chi connectivity index (χ4n) is 1.90. The summed E-state index contributed by atoms with van der Waals surface area (Å²) in [5, 5.41) is 2.68. The number of amides is 1. The molecule has 23 heavy (non-hydrogen) atoms. The average Bonchev–Trinajstić information content (AvgIpc) is 2.46. The van der Waals surface area contributed by atoms with Crippen molar-refractivity contribution in [1.82, 2.24) is 0 Å². The lowest BCUT2D eigenvalue weighted by atomic mass is 10.3. The highest BCUT2D eigenvalue weighted by Crippen LogP contribution is 2.22. The molecule has 0 heterocycles. The van der Waals surface area contributed by atoms with Crippen molar-refractivity contribution in [2.75, 3.05) is 22.4 Å². The van der Waals surface area contributed by atoms with E-state index >= 15 is 0 Å². The summed E-state index contributed by atoms with van der Waals surface area (Å²) in [7, 11) is -3.58. The van der Waals surface area contributed by atoms with Gasteiger partial charge in [-0.05, 0) is 42.5 Å². The summed E-state index contributed by atoms with van der Waals surface area (Å²) in [5.41, 5.74) is 1.02. The van der Waals surface area contributed by atoms with Gasteiger partial charge in [0, 0.05) is 14.6 Å². The van der Waals surface area contributed by atoms with Gasteiger partial charge in [0.1, 0.15) is 6.54 Å². The second-order valence-corrected chi connectivity index (χ2v) is 8.54. The van der Waals surface area contributed by atoms with E-state index in [1.807, 2.05) is 0 Å². The van der Waals surface area contributed by atoms with Crippen molar-refractivity contribution in [1.29, 1.82) is 0 Å². The molecule has 1 amide bonds. The van der Waals surface area contributed by atoms with E-state index in [4.69, 9.17) is 0 Å². The van der Waals surface area contributed by atoms with Crippen LogP contribution in [-0.2, 0) is 14.8 Å². The van der Waals surface area contributed by atoms with Gasteiger partial charge in [-0.15, -0.1) is 0 Å². The zero-order valence-corrected chi connectivity index (χ0v) is 16.2. The van der Waals surface area contributed by atoms with Gasteiger partial charge in [-0.3, -0.25) is 9.10 Å². The summed E-state index contributed by atoms with van der Waals surface area (Å²) in [6, 6.07) is 13.8. The number of rotatable bonds is 5. The lowest BCUT2D eigenvalue weighted by Crippen LogP contribution is -2.37. The quantitative estimate of drug-likeness (QED) is 0.739. The predicted octanol–water partition coefficient (Wildman–Crippen LogP) is 3.62. The standard InChI is InChI=1S/C15H14Br2N2O3S/c1-23(21,22)19(14-4-2-3-12(17)9-14)10-15(20)18-13-7-5-11(16)6-8-13/h2-9H,10H2,1H3,(H,18,20). The van der Waals surface area contributed by atoms with Crippen LogP contribution in [0.15, 0.2) is 57.5 Å². The first-order valence-corrected chi connectivity index (χ1v) is 9.98. The van der Waals surface area contributed by atoms with Crippen molar-refractivity contribution in [3.05, 3.63) is 57.5 Å². The van der Waals surface area contributed by atoms with E-state index in [-0.39, 0.29) is 6.54 Å². The van der Waals surface area contributed by atoms with Gasteiger partial charge in [-0.25, -0.2) is 8.42 Å². The lowest BCUT2D eigenvalue weighted by Gasteiger charge is -2.22. The van der Waals surface area contributed by atoms with Crippen molar-refractivity contribution in [2.45, 2.75) is 0 Å². The maximum atomic E-state index is 12.2. The van der Waals surface area contributed by atoms with E-state index in [0.29, 0.717) is 11.4 Å². The van der Waals surface area contributed by atoms with Crippen LogP contribution in [0.2, 0.25) is 0 Å². The van der Waals surface area contributed by atoms with Crippen molar-refractivity contribution >= 4 is 59.2 Å². The monoisotopic (exact) mass is 460 g/mol. The van der Waals surface area contributed by atoms with E-state index in [1.54, 1.807) is 48.5 Å². The molecule has 0 spiro atoms. The smallest absolute Gasteiger partial charge is 0.245 e. The minimum atomic E-state index is -3.58. The molecule has 5 nitrogen and oxygen atoms in total. The molecular formula is C15H14Br2N2O3S. The highest BCUT2D eigenvalue weighted by atomic mass is 79.9. The summed E-state index contributed by atoms with van der Waals surface area (Å²) in [4.78, 5) is 12.2. The van der Waals surface area contributed by atoms with Gasteiger partial charge in [0.2, 0.25) is 15.9 Å². The third-order valence-electron chi connectivity index (χ3n) is 2.91. The summed E-state index contributed by atoms with van der Waals surface area (Å²) >= 11 is 6.61. The molecule has 2 aromatic carbocycles. The van der Waals surface area contributed by atoms with Gasteiger partial charge in [0.25, 0.3) is 0 Å². The molecule has 0 atom stereocenters. The van der Waals surface area contributed by atoms with Gasteiger partial charge in [-0.1, -0.05) is 37.9 Å². The largest absolute Gasteiger partial charge is 0.325 e. The Balaban J connectivity index is 2.18. The van der Waals surface area contributed by atoms with E-state index in [9.17, 15) is 13.2 Å². The molecule has 122 valence electrons. The van der Waals surface area contributed by atoms with Crippen LogP contribution < -0.4 is 9.62 Å². The van der Waals surface area contributed by atoms with Gasteiger partial charge in [0.15, 0.2) is 0 Å². The van der Waals surface area contributed by atoms with Crippen LogP contribution in [0.4, 0.5) is 11.4 Å². The van der Waals surface area contributed by atoms with E-state index in [0.717, 1.165) is 19.5 Å². The SMILES string of the molecule is CS(=O)(=O)N(CC(=O)Nc1ccc(Br)cc1)c1cccc(Br)c1. The summed E-state index contributed by atoms with van der Waals surface area (Å²) in [6.07, 6.45) is 1.07. The van der Waals surface area contributed by atoms with E-state index < -0.39 is 15.9 Å². The van der Waals surface area contributed by atoms with Crippen molar-refractivity contribution in [2.24, 2.45) is 0 Å². The zero-order valence-electron chi connectivity index (χ0n) is 12.2. The Kier molecular flexibility index (Phi) is 5.83. The van der Waals surface area contributed by atoms with Crippen LogP contribution in [0.25, 0.3) is 0 Å². The third kappa shape index (κ3) is 5.33. The molecule has 0 saturated heterocycles. The molecule has 2 rings (SSSR count). The number of anilines is 2. The van der Waals surface area contributed by atoms with Gasteiger partial charge in [0.05, 0.1) is 11.9 Å². The molecule has 0 radical (unpaired) electrons. The van der Waals surface area contributed by atoms with Crippen LogP contribution in [-0.4, -0.2) is 27.1 Å². The Morgan fingerprint density at radius 3 is 2.30 bits per heavy atom. The molecule has 0 aliphatic carbocycles. The number of hydrogen-bond acceptors (Lipinski definition) is 3. The van der Waals surface area contributed by atoms with E-state index in [2.05, 4.69) is 37.2 Å². The Labute approximate surface area is 152 Å². The number of carbonyl (C=O) groups excluding carboxylic acids is 1.